The lowest BCUT2D eigenvalue weighted by molar-refractivity contribution is 0.195. The summed E-state index contributed by atoms with van der Waals surface area (Å²) in [7, 11) is 0. The molecule has 0 aliphatic rings. The molecule has 0 amide bonds. The predicted molar refractivity (Wildman–Crippen MR) is 81.8 cm³/mol. The second-order valence-electron chi connectivity index (χ2n) is 5.04. The van der Waals surface area contributed by atoms with Crippen molar-refractivity contribution in [3.63, 3.8) is 0 Å². The summed E-state index contributed by atoms with van der Waals surface area (Å²) < 4.78 is 0.735. The zero-order valence-corrected chi connectivity index (χ0v) is 11.9. The second-order valence-corrected chi connectivity index (χ2v) is 5.04. The Labute approximate surface area is 123 Å². The Morgan fingerprint density at radius 2 is 1.67 bits per heavy atom. The first-order chi connectivity index (χ1) is 10.2. The third-order valence-corrected chi connectivity index (χ3v) is 3.49. The van der Waals surface area contributed by atoms with Crippen LogP contribution in [0.3, 0.4) is 0 Å². The monoisotopic (exact) mass is 285 g/mol. The molecule has 1 N–H and O–H groups in total. The summed E-state index contributed by atoms with van der Waals surface area (Å²) in [6, 6.07) is 13.6. The quantitative estimate of drug-likeness (QED) is 0.828. The number of pyridine rings is 1. The highest BCUT2D eigenvalue weighted by molar-refractivity contribution is 5.67. The van der Waals surface area contributed by atoms with Crippen molar-refractivity contribution < 1.29 is 9.90 Å². The summed E-state index contributed by atoms with van der Waals surface area (Å²) in [6.07, 6.45) is 4.71. The molecule has 0 aliphatic carbocycles. The first kappa shape index (κ1) is 15.0. The van der Waals surface area contributed by atoms with Crippen LogP contribution in [0.15, 0.2) is 53.5 Å². The molecule has 1 aromatic carbocycles. The molecule has 2 rings (SSSR count). The van der Waals surface area contributed by atoms with E-state index >= 15 is 0 Å². The third kappa shape index (κ3) is 4.31. The summed E-state index contributed by atoms with van der Waals surface area (Å²) in [4.78, 5) is 22.7. The molecule has 1 heterocycles. The molecule has 0 fully saturated rings. The smallest absolute Gasteiger partial charge is 0.418 e. The minimum atomic E-state index is -1.23. The van der Waals surface area contributed by atoms with Gasteiger partial charge in [0.15, 0.2) is 0 Å². The topological polar surface area (TPSA) is 59.3 Å². The van der Waals surface area contributed by atoms with Crippen molar-refractivity contribution in [1.82, 2.24) is 4.57 Å². The van der Waals surface area contributed by atoms with Crippen LogP contribution in [0.5, 0.6) is 0 Å². The summed E-state index contributed by atoms with van der Waals surface area (Å²) in [5, 5.41) is 8.89. The van der Waals surface area contributed by atoms with Gasteiger partial charge in [0, 0.05) is 11.8 Å². The molecule has 4 nitrogen and oxygen atoms in total. The van der Waals surface area contributed by atoms with Crippen LogP contribution >= 0.6 is 0 Å². The van der Waals surface area contributed by atoms with Crippen molar-refractivity contribution in [1.29, 1.82) is 0 Å². The van der Waals surface area contributed by atoms with Crippen molar-refractivity contribution >= 4 is 6.09 Å². The van der Waals surface area contributed by atoms with Crippen LogP contribution in [0.25, 0.3) is 0 Å². The molecule has 2 aromatic rings. The van der Waals surface area contributed by atoms with Crippen LogP contribution in [-0.4, -0.2) is 15.8 Å². The van der Waals surface area contributed by atoms with Gasteiger partial charge in [0.25, 0.3) is 5.56 Å². The minimum absolute atomic E-state index is 0.423. The van der Waals surface area contributed by atoms with Gasteiger partial charge in [-0.15, -0.1) is 0 Å². The van der Waals surface area contributed by atoms with Crippen LogP contribution in [-0.2, 0) is 12.8 Å². The minimum Gasteiger partial charge on any atom is -0.464 e. The molecule has 0 radical (unpaired) electrons. The number of hydrogen-bond donors (Lipinski definition) is 1. The van der Waals surface area contributed by atoms with Crippen molar-refractivity contribution in [2.45, 2.75) is 32.1 Å². The first-order valence-corrected chi connectivity index (χ1v) is 7.16. The van der Waals surface area contributed by atoms with Gasteiger partial charge in [0.1, 0.15) is 0 Å². The number of aromatic nitrogens is 1. The van der Waals surface area contributed by atoms with Crippen molar-refractivity contribution in [3.05, 3.63) is 70.1 Å². The number of hydrogen-bond acceptors (Lipinski definition) is 2. The number of rotatable bonds is 6. The molecule has 4 heteroatoms. The van der Waals surface area contributed by atoms with Crippen molar-refractivity contribution in [2.75, 3.05) is 0 Å². The molecule has 0 saturated carbocycles. The van der Waals surface area contributed by atoms with E-state index in [0.717, 1.165) is 30.3 Å². The Hall–Kier alpha value is -2.36. The Balaban J connectivity index is 1.80. The average molecular weight is 285 g/mol. The van der Waals surface area contributed by atoms with E-state index in [0.29, 0.717) is 12.0 Å². The Bertz CT molecular complexity index is 647. The fourth-order valence-electron chi connectivity index (χ4n) is 2.35. The number of aryl methyl sites for hydroxylation is 2. The molecule has 0 unspecified atom stereocenters. The number of carboxylic acid groups (broad SMARTS) is 1. The highest BCUT2D eigenvalue weighted by Gasteiger charge is 2.07. The molecule has 0 spiro atoms. The highest BCUT2D eigenvalue weighted by Crippen LogP contribution is 2.08. The Kier molecular flexibility index (Phi) is 5.32. The SMILES string of the molecule is O=C(O)n1cccc(CCCCCc2ccccc2)c1=O. The molecular formula is C17H19NO3. The van der Waals surface area contributed by atoms with E-state index in [4.69, 9.17) is 5.11 Å². The maximum Gasteiger partial charge on any atom is 0.418 e. The van der Waals surface area contributed by atoms with Gasteiger partial charge in [0.05, 0.1) is 0 Å². The fourth-order valence-corrected chi connectivity index (χ4v) is 2.35. The Morgan fingerprint density at radius 1 is 0.952 bits per heavy atom. The van der Waals surface area contributed by atoms with Crippen LogP contribution in [0.2, 0.25) is 0 Å². The standard InChI is InChI=1S/C17H19NO3/c19-16-15(12-7-13-18(16)17(20)21)11-6-2-5-10-14-8-3-1-4-9-14/h1,3-4,7-9,12-13H,2,5-6,10-11H2,(H,20,21). The highest BCUT2D eigenvalue weighted by atomic mass is 16.4. The van der Waals surface area contributed by atoms with Gasteiger partial charge in [-0.2, -0.15) is 0 Å². The zero-order chi connectivity index (χ0) is 15.1. The van der Waals surface area contributed by atoms with E-state index in [-0.39, 0.29) is 0 Å². The number of unbranched alkanes of at least 4 members (excludes halogenated alkanes) is 2. The van der Waals surface area contributed by atoms with Crippen LogP contribution in [0, 0.1) is 0 Å². The molecule has 1 aromatic heterocycles. The van der Waals surface area contributed by atoms with Gasteiger partial charge < -0.3 is 5.11 Å². The van der Waals surface area contributed by atoms with Crippen molar-refractivity contribution in [3.8, 4) is 0 Å². The fraction of sp³-hybridized carbons (Fsp3) is 0.294. The second kappa shape index (κ2) is 7.43. The van der Waals surface area contributed by atoms with E-state index in [1.807, 2.05) is 18.2 Å². The average Bonchev–Trinajstić information content (AvgIpc) is 2.49. The van der Waals surface area contributed by atoms with Gasteiger partial charge in [-0.1, -0.05) is 42.8 Å². The van der Waals surface area contributed by atoms with E-state index in [2.05, 4.69) is 12.1 Å². The predicted octanol–water partition coefficient (Wildman–Crippen LogP) is 3.33. The van der Waals surface area contributed by atoms with Crippen molar-refractivity contribution in [2.24, 2.45) is 0 Å². The summed E-state index contributed by atoms with van der Waals surface area (Å²) in [5.41, 5.74) is 1.47. The number of carbonyl (C=O) groups is 1. The maximum atomic E-state index is 11.9. The van der Waals surface area contributed by atoms with E-state index in [1.165, 1.54) is 11.8 Å². The van der Waals surface area contributed by atoms with E-state index in [9.17, 15) is 9.59 Å². The molecule has 0 bridgehead atoms. The van der Waals surface area contributed by atoms with E-state index < -0.39 is 11.7 Å². The molecule has 0 atom stereocenters. The normalized spacial score (nSPS) is 10.5. The van der Waals surface area contributed by atoms with Crippen LogP contribution in [0.4, 0.5) is 4.79 Å². The van der Waals surface area contributed by atoms with Gasteiger partial charge >= 0.3 is 6.09 Å². The lowest BCUT2D eigenvalue weighted by atomic mass is 10.0. The summed E-state index contributed by atoms with van der Waals surface area (Å²) >= 11 is 0. The molecule has 21 heavy (non-hydrogen) atoms. The van der Waals surface area contributed by atoms with Crippen LogP contribution in [0.1, 0.15) is 30.4 Å². The van der Waals surface area contributed by atoms with E-state index in [1.54, 1.807) is 12.1 Å². The first-order valence-electron chi connectivity index (χ1n) is 7.16. The van der Waals surface area contributed by atoms with Gasteiger partial charge in [0.2, 0.25) is 0 Å². The molecular weight excluding hydrogens is 266 g/mol. The third-order valence-electron chi connectivity index (χ3n) is 3.49. The zero-order valence-electron chi connectivity index (χ0n) is 11.9. The Morgan fingerprint density at radius 3 is 2.38 bits per heavy atom. The summed E-state index contributed by atoms with van der Waals surface area (Å²) in [5.74, 6) is 0. The lowest BCUT2D eigenvalue weighted by Crippen LogP contribution is -2.27. The largest absolute Gasteiger partial charge is 0.464 e. The number of nitrogens with zero attached hydrogens (tertiary/aromatic N) is 1. The molecule has 0 saturated heterocycles. The molecule has 0 aliphatic heterocycles. The molecule has 110 valence electrons. The lowest BCUT2D eigenvalue weighted by Gasteiger charge is -2.04. The summed E-state index contributed by atoms with van der Waals surface area (Å²) in [6.45, 7) is 0. The number of benzene rings is 1. The van der Waals surface area contributed by atoms with Crippen LogP contribution < -0.4 is 5.56 Å². The van der Waals surface area contributed by atoms with Gasteiger partial charge in [-0.05, 0) is 37.3 Å². The van der Waals surface area contributed by atoms with Gasteiger partial charge in [-0.25, -0.2) is 9.36 Å². The maximum absolute atomic E-state index is 11.9. The van der Waals surface area contributed by atoms with Gasteiger partial charge in [-0.3, -0.25) is 4.79 Å².